The molecule has 0 unspecified atom stereocenters. The average Bonchev–Trinajstić information content (AvgIpc) is 2.14. The summed E-state index contributed by atoms with van der Waals surface area (Å²) in [5, 5.41) is 0. The number of rotatable bonds is 3. The molecule has 0 saturated heterocycles. The molecule has 0 fully saturated rings. The Morgan fingerprint density at radius 2 is 1.35 bits per heavy atom. The minimum atomic E-state index is -4.53. The van der Waals surface area contributed by atoms with Gasteiger partial charge in [0.2, 0.25) is 0 Å². The molecular weight excluding hydrogens is 280 g/mol. The zero-order valence-corrected chi connectivity index (χ0v) is 13.5. The Hall–Kier alpha value is -1.27. The van der Waals surface area contributed by atoms with Crippen molar-refractivity contribution >= 4 is 10.1 Å². The molecule has 0 atom stereocenters. The van der Waals surface area contributed by atoms with E-state index in [1.165, 1.54) is 18.2 Å². The van der Waals surface area contributed by atoms with E-state index >= 15 is 0 Å². The number of ether oxygens (including phenoxy) is 2. The van der Waals surface area contributed by atoms with Gasteiger partial charge in [-0.1, -0.05) is 0 Å². The summed E-state index contributed by atoms with van der Waals surface area (Å²) in [6.07, 6.45) is 0. The predicted octanol–water partition coefficient (Wildman–Crippen LogP) is 2.95. The third-order valence-electron chi connectivity index (χ3n) is 2.04. The normalized spacial score (nSPS) is 13.2. The van der Waals surface area contributed by atoms with E-state index in [2.05, 4.69) is 0 Å². The zero-order chi connectivity index (χ0) is 15.8. The minimum Gasteiger partial charge on any atom is -0.744 e. The standard InChI is InChI=1S/C14H22O5S/c1-13(2,3)18-11-8-7-10(20(15,16)17)9-12(11)19-14(4,5)6/h7-9H,1-6H3,(H,15,16,17)/p-1. The van der Waals surface area contributed by atoms with E-state index in [1.54, 1.807) is 0 Å². The molecule has 1 aromatic rings. The number of benzene rings is 1. The van der Waals surface area contributed by atoms with Gasteiger partial charge in [-0.3, -0.25) is 0 Å². The molecular formula is C14H21O5S-. The zero-order valence-electron chi connectivity index (χ0n) is 12.7. The Balaban J connectivity index is 3.31. The van der Waals surface area contributed by atoms with Gasteiger partial charge in [0.05, 0.1) is 4.90 Å². The summed E-state index contributed by atoms with van der Waals surface area (Å²) in [4.78, 5) is -0.335. The second-order valence-electron chi connectivity index (χ2n) is 6.49. The predicted molar refractivity (Wildman–Crippen MR) is 75.2 cm³/mol. The summed E-state index contributed by atoms with van der Waals surface area (Å²) >= 11 is 0. The van der Waals surface area contributed by atoms with Gasteiger partial charge in [0.25, 0.3) is 0 Å². The Morgan fingerprint density at radius 3 is 1.75 bits per heavy atom. The van der Waals surface area contributed by atoms with Crippen LogP contribution in [0.4, 0.5) is 0 Å². The number of hydrogen-bond donors (Lipinski definition) is 0. The van der Waals surface area contributed by atoms with Crippen LogP contribution >= 0.6 is 0 Å². The van der Waals surface area contributed by atoms with Crippen LogP contribution in [0.3, 0.4) is 0 Å². The van der Waals surface area contributed by atoms with E-state index in [9.17, 15) is 13.0 Å². The van der Waals surface area contributed by atoms with Crippen molar-refractivity contribution in [2.45, 2.75) is 57.6 Å². The monoisotopic (exact) mass is 301 g/mol. The molecule has 0 saturated carbocycles. The van der Waals surface area contributed by atoms with Gasteiger partial charge in [-0.25, -0.2) is 8.42 Å². The van der Waals surface area contributed by atoms with E-state index in [4.69, 9.17) is 9.47 Å². The van der Waals surface area contributed by atoms with Gasteiger partial charge >= 0.3 is 0 Å². The first kappa shape index (κ1) is 16.8. The quantitative estimate of drug-likeness (QED) is 0.802. The molecule has 0 heterocycles. The van der Waals surface area contributed by atoms with Crippen molar-refractivity contribution in [1.29, 1.82) is 0 Å². The highest BCUT2D eigenvalue weighted by Crippen LogP contribution is 2.34. The molecule has 0 aromatic heterocycles. The van der Waals surface area contributed by atoms with E-state index in [0.29, 0.717) is 5.75 Å². The Morgan fingerprint density at radius 1 is 0.900 bits per heavy atom. The van der Waals surface area contributed by atoms with Gasteiger partial charge in [0.15, 0.2) is 11.5 Å². The molecule has 114 valence electrons. The van der Waals surface area contributed by atoms with Crippen molar-refractivity contribution in [3.63, 3.8) is 0 Å². The Bertz CT molecular complexity index is 577. The highest BCUT2D eigenvalue weighted by Gasteiger charge is 2.20. The first-order valence-electron chi connectivity index (χ1n) is 6.26. The number of hydrogen-bond acceptors (Lipinski definition) is 5. The third-order valence-corrected chi connectivity index (χ3v) is 2.87. The largest absolute Gasteiger partial charge is 0.744 e. The first-order chi connectivity index (χ1) is 8.78. The molecule has 0 amide bonds. The van der Waals surface area contributed by atoms with Crippen LogP contribution in [0.15, 0.2) is 23.1 Å². The average molecular weight is 301 g/mol. The van der Waals surface area contributed by atoms with E-state index < -0.39 is 21.3 Å². The van der Waals surface area contributed by atoms with Crippen molar-refractivity contribution in [2.24, 2.45) is 0 Å². The minimum absolute atomic E-state index is 0.240. The van der Waals surface area contributed by atoms with Crippen LogP contribution in [0.5, 0.6) is 11.5 Å². The van der Waals surface area contributed by atoms with Crippen LogP contribution in [-0.4, -0.2) is 24.2 Å². The summed E-state index contributed by atoms with van der Waals surface area (Å²) in [7, 11) is -4.53. The van der Waals surface area contributed by atoms with Gasteiger partial charge < -0.3 is 14.0 Å². The van der Waals surface area contributed by atoms with Crippen molar-refractivity contribution < 1.29 is 22.4 Å². The lowest BCUT2D eigenvalue weighted by molar-refractivity contribution is 0.0954. The van der Waals surface area contributed by atoms with Crippen molar-refractivity contribution in [2.75, 3.05) is 0 Å². The third kappa shape index (κ3) is 5.38. The highest BCUT2D eigenvalue weighted by molar-refractivity contribution is 7.85. The molecule has 20 heavy (non-hydrogen) atoms. The lowest BCUT2D eigenvalue weighted by Gasteiger charge is -2.27. The van der Waals surface area contributed by atoms with Crippen LogP contribution in [-0.2, 0) is 10.1 Å². The summed E-state index contributed by atoms with van der Waals surface area (Å²) < 4.78 is 44.7. The fourth-order valence-electron chi connectivity index (χ4n) is 1.47. The van der Waals surface area contributed by atoms with E-state index in [1.807, 2.05) is 41.5 Å². The summed E-state index contributed by atoms with van der Waals surface area (Å²) in [6, 6.07) is 3.87. The first-order valence-corrected chi connectivity index (χ1v) is 7.67. The SMILES string of the molecule is CC(C)(C)Oc1ccc(S(=O)(=O)[O-])cc1OC(C)(C)C. The van der Waals surface area contributed by atoms with E-state index in [0.717, 1.165) is 0 Å². The van der Waals surface area contributed by atoms with Crippen molar-refractivity contribution in [3.8, 4) is 11.5 Å². The van der Waals surface area contributed by atoms with Gasteiger partial charge in [0, 0.05) is 6.07 Å². The highest BCUT2D eigenvalue weighted by atomic mass is 32.2. The maximum absolute atomic E-state index is 11.1. The molecule has 0 aliphatic carbocycles. The van der Waals surface area contributed by atoms with Crippen molar-refractivity contribution in [1.82, 2.24) is 0 Å². The molecule has 1 aromatic carbocycles. The lowest BCUT2D eigenvalue weighted by atomic mass is 10.1. The molecule has 0 bridgehead atoms. The Kier molecular flexibility index (Phi) is 4.41. The maximum atomic E-state index is 11.1. The topological polar surface area (TPSA) is 75.7 Å². The second kappa shape index (κ2) is 5.26. The molecule has 5 nitrogen and oxygen atoms in total. The molecule has 0 aliphatic heterocycles. The molecule has 6 heteroatoms. The molecule has 0 radical (unpaired) electrons. The van der Waals surface area contributed by atoms with E-state index in [-0.39, 0.29) is 10.6 Å². The molecule has 0 aliphatic rings. The van der Waals surface area contributed by atoms with Crippen LogP contribution in [0, 0.1) is 0 Å². The summed E-state index contributed by atoms with van der Waals surface area (Å²) in [6.45, 7) is 11.1. The van der Waals surface area contributed by atoms with Gasteiger partial charge in [-0.2, -0.15) is 0 Å². The smallest absolute Gasteiger partial charge is 0.163 e. The fourth-order valence-corrected chi connectivity index (χ4v) is 1.95. The lowest BCUT2D eigenvalue weighted by Crippen LogP contribution is -2.26. The van der Waals surface area contributed by atoms with Gasteiger partial charge in [0.1, 0.15) is 21.3 Å². The van der Waals surface area contributed by atoms with Crippen molar-refractivity contribution in [3.05, 3.63) is 18.2 Å². The Labute approximate surface area is 120 Å². The molecule has 0 spiro atoms. The van der Waals surface area contributed by atoms with Crippen LogP contribution in [0.25, 0.3) is 0 Å². The van der Waals surface area contributed by atoms with Crippen LogP contribution in [0.2, 0.25) is 0 Å². The van der Waals surface area contributed by atoms with Crippen LogP contribution in [0.1, 0.15) is 41.5 Å². The second-order valence-corrected chi connectivity index (χ2v) is 7.87. The summed E-state index contributed by atoms with van der Waals surface area (Å²) in [5.74, 6) is 0.643. The molecule has 0 N–H and O–H groups in total. The van der Waals surface area contributed by atoms with Gasteiger partial charge in [-0.05, 0) is 53.7 Å². The fraction of sp³-hybridized carbons (Fsp3) is 0.571. The van der Waals surface area contributed by atoms with Crippen LogP contribution < -0.4 is 9.47 Å². The van der Waals surface area contributed by atoms with Gasteiger partial charge in [-0.15, -0.1) is 0 Å². The summed E-state index contributed by atoms with van der Waals surface area (Å²) in [5.41, 5.74) is -1.00. The maximum Gasteiger partial charge on any atom is 0.163 e. The molecule has 1 rings (SSSR count).